The molecule has 2 nitrogen and oxygen atoms in total. The molecule has 0 saturated heterocycles. The topological polar surface area (TPSA) is 32.3 Å². The van der Waals surface area contributed by atoms with E-state index in [1.807, 2.05) is 18.2 Å². The second kappa shape index (κ2) is 7.46. The Morgan fingerprint density at radius 2 is 1.90 bits per heavy atom. The van der Waals surface area contributed by atoms with E-state index in [4.69, 9.17) is 0 Å². The number of aromatic hydroxyl groups is 1. The molecule has 0 aliphatic heterocycles. The minimum Gasteiger partial charge on any atom is -0.508 e. The second-order valence-electron chi connectivity index (χ2n) is 5.04. The van der Waals surface area contributed by atoms with Crippen LogP contribution in [0.15, 0.2) is 41.8 Å². The third-order valence-corrected chi connectivity index (χ3v) is 4.57. The van der Waals surface area contributed by atoms with Gasteiger partial charge in [0.05, 0.1) is 0 Å². The van der Waals surface area contributed by atoms with Crippen LogP contribution in [0, 0.1) is 0 Å². The van der Waals surface area contributed by atoms with Crippen LogP contribution >= 0.6 is 11.3 Å². The van der Waals surface area contributed by atoms with Crippen molar-refractivity contribution in [3.63, 3.8) is 0 Å². The Hall–Kier alpha value is -1.32. The van der Waals surface area contributed by atoms with Crippen LogP contribution in [-0.2, 0) is 0 Å². The molecule has 1 aromatic carbocycles. The van der Waals surface area contributed by atoms with E-state index < -0.39 is 0 Å². The Labute approximate surface area is 125 Å². The first-order valence-corrected chi connectivity index (χ1v) is 8.21. The van der Waals surface area contributed by atoms with Gasteiger partial charge in [0.1, 0.15) is 5.75 Å². The minimum atomic E-state index is 0.190. The van der Waals surface area contributed by atoms with Crippen LogP contribution in [0.4, 0.5) is 0 Å². The molecule has 0 radical (unpaired) electrons. The Morgan fingerprint density at radius 1 is 1.10 bits per heavy atom. The largest absolute Gasteiger partial charge is 0.508 e. The summed E-state index contributed by atoms with van der Waals surface area (Å²) in [6, 6.07) is 12.5. The molecule has 0 fully saturated rings. The molecule has 2 atom stereocenters. The predicted octanol–water partition coefficient (Wildman–Crippen LogP) is 5.04. The fraction of sp³-hybridized carbons (Fsp3) is 0.412. The smallest absolute Gasteiger partial charge is 0.120 e. The lowest BCUT2D eigenvalue weighted by molar-refractivity contribution is 0.397. The van der Waals surface area contributed by atoms with Gasteiger partial charge in [-0.3, -0.25) is 0 Å². The summed E-state index contributed by atoms with van der Waals surface area (Å²) in [5.41, 5.74) is 0.993. The van der Waals surface area contributed by atoms with Gasteiger partial charge in [0.15, 0.2) is 0 Å². The first-order valence-electron chi connectivity index (χ1n) is 7.33. The molecule has 0 spiro atoms. The van der Waals surface area contributed by atoms with Crippen molar-refractivity contribution in [1.82, 2.24) is 5.32 Å². The van der Waals surface area contributed by atoms with E-state index in [9.17, 15) is 5.11 Å². The van der Waals surface area contributed by atoms with Gasteiger partial charge in [-0.1, -0.05) is 44.5 Å². The van der Waals surface area contributed by atoms with Crippen molar-refractivity contribution in [1.29, 1.82) is 0 Å². The van der Waals surface area contributed by atoms with Crippen LogP contribution in [-0.4, -0.2) is 5.11 Å². The molecule has 0 aliphatic carbocycles. The number of hydrogen-bond donors (Lipinski definition) is 2. The number of rotatable bonds is 7. The number of benzene rings is 1. The summed E-state index contributed by atoms with van der Waals surface area (Å²) >= 11 is 1.80. The molecular formula is C17H23NOS. The summed E-state index contributed by atoms with van der Waals surface area (Å²) in [4.78, 5) is 1.38. The van der Waals surface area contributed by atoms with Crippen molar-refractivity contribution in [3.8, 4) is 5.75 Å². The van der Waals surface area contributed by atoms with Gasteiger partial charge in [-0.25, -0.2) is 0 Å². The molecule has 2 rings (SSSR count). The third-order valence-electron chi connectivity index (χ3n) is 3.59. The average molecular weight is 289 g/mol. The van der Waals surface area contributed by atoms with Crippen LogP contribution < -0.4 is 5.32 Å². The zero-order valence-corrected chi connectivity index (χ0v) is 13.0. The molecule has 108 valence electrons. The quantitative estimate of drug-likeness (QED) is 0.748. The summed E-state index contributed by atoms with van der Waals surface area (Å²) in [5, 5.41) is 15.9. The highest BCUT2D eigenvalue weighted by Gasteiger charge is 2.19. The number of thiophene rings is 1. The molecule has 0 aliphatic rings. The maximum atomic E-state index is 10.0. The van der Waals surface area contributed by atoms with Crippen molar-refractivity contribution in [2.45, 2.75) is 45.2 Å². The SMILES string of the molecule is CCCC(NC(CC)c1ccccc1O)c1cccs1. The first kappa shape index (κ1) is 15.1. The summed E-state index contributed by atoms with van der Waals surface area (Å²) in [6.07, 6.45) is 3.22. The predicted molar refractivity (Wildman–Crippen MR) is 86.2 cm³/mol. The molecule has 3 heteroatoms. The average Bonchev–Trinajstić information content (AvgIpc) is 2.98. The lowest BCUT2D eigenvalue weighted by Crippen LogP contribution is -2.25. The fourth-order valence-electron chi connectivity index (χ4n) is 2.54. The Balaban J connectivity index is 2.17. The standard InChI is InChI=1S/C17H23NOS/c1-3-8-15(17-11-7-12-20-17)18-14(4-2)13-9-5-6-10-16(13)19/h5-7,9-12,14-15,18-19H,3-4,8H2,1-2H3. The summed E-state index contributed by atoms with van der Waals surface area (Å²) in [5.74, 6) is 0.383. The van der Waals surface area contributed by atoms with Gasteiger partial charge < -0.3 is 10.4 Å². The molecular weight excluding hydrogens is 266 g/mol. The zero-order chi connectivity index (χ0) is 14.4. The molecule has 20 heavy (non-hydrogen) atoms. The molecule has 1 aromatic heterocycles. The molecule has 1 heterocycles. The maximum Gasteiger partial charge on any atom is 0.120 e. The van der Waals surface area contributed by atoms with E-state index >= 15 is 0 Å². The summed E-state index contributed by atoms with van der Waals surface area (Å²) in [7, 11) is 0. The number of hydrogen-bond acceptors (Lipinski definition) is 3. The zero-order valence-electron chi connectivity index (χ0n) is 12.2. The Bertz CT molecular complexity index is 509. The van der Waals surface area contributed by atoms with E-state index in [2.05, 4.69) is 36.7 Å². The van der Waals surface area contributed by atoms with Crippen molar-refractivity contribution < 1.29 is 5.11 Å². The van der Waals surface area contributed by atoms with Gasteiger partial charge in [-0.05, 0) is 30.4 Å². The van der Waals surface area contributed by atoms with Gasteiger partial charge >= 0.3 is 0 Å². The Morgan fingerprint density at radius 3 is 2.50 bits per heavy atom. The van der Waals surface area contributed by atoms with Crippen LogP contribution in [0.3, 0.4) is 0 Å². The van der Waals surface area contributed by atoms with E-state index in [0.29, 0.717) is 11.8 Å². The van der Waals surface area contributed by atoms with Gasteiger partial charge in [0, 0.05) is 22.5 Å². The van der Waals surface area contributed by atoms with Gasteiger partial charge in [0.25, 0.3) is 0 Å². The van der Waals surface area contributed by atoms with E-state index in [1.54, 1.807) is 17.4 Å². The second-order valence-corrected chi connectivity index (χ2v) is 6.02. The highest BCUT2D eigenvalue weighted by atomic mass is 32.1. The van der Waals surface area contributed by atoms with Crippen LogP contribution in [0.2, 0.25) is 0 Å². The highest BCUT2D eigenvalue weighted by molar-refractivity contribution is 7.10. The molecule has 2 N–H and O–H groups in total. The van der Waals surface area contributed by atoms with E-state index in [-0.39, 0.29) is 6.04 Å². The van der Waals surface area contributed by atoms with Crippen molar-refractivity contribution in [2.24, 2.45) is 0 Å². The van der Waals surface area contributed by atoms with Gasteiger partial charge in [0.2, 0.25) is 0 Å². The number of phenolic OH excluding ortho intramolecular Hbond substituents is 1. The fourth-order valence-corrected chi connectivity index (χ4v) is 3.36. The lowest BCUT2D eigenvalue weighted by Gasteiger charge is -2.25. The molecule has 2 unspecified atom stereocenters. The number of phenols is 1. The van der Waals surface area contributed by atoms with Crippen molar-refractivity contribution in [3.05, 3.63) is 52.2 Å². The van der Waals surface area contributed by atoms with Crippen LogP contribution in [0.25, 0.3) is 0 Å². The van der Waals surface area contributed by atoms with Crippen LogP contribution in [0.5, 0.6) is 5.75 Å². The third kappa shape index (κ3) is 3.62. The normalized spacial score (nSPS) is 14.1. The van der Waals surface area contributed by atoms with Gasteiger partial charge in [-0.2, -0.15) is 0 Å². The van der Waals surface area contributed by atoms with Crippen LogP contribution in [0.1, 0.15) is 55.6 Å². The highest BCUT2D eigenvalue weighted by Crippen LogP contribution is 2.31. The number of nitrogens with one attached hydrogen (secondary N) is 1. The maximum absolute atomic E-state index is 10.0. The molecule has 2 aromatic rings. The first-order chi connectivity index (χ1) is 9.76. The lowest BCUT2D eigenvalue weighted by atomic mass is 10.0. The summed E-state index contributed by atoms with van der Waals surface area (Å²) < 4.78 is 0. The molecule has 0 saturated carbocycles. The molecule has 0 bridgehead atoms. The van der Waals surface area contributed by atoms with Crippen molar-refractivity contribution >= 4 is 11.3 Å². The summed E-state index contributed by atoms with van der Waals surface area (Å²) in [6.45, 7) is 4.37. The van der Waals surface area contributed by atoms with Crippen molar-refractivity contribution in [2.75, 3.05) is 0 Å². The number of para-hydroxylation sites is 1. The van der Waals surface area contributed by atoms with E-state index in [0.717, 1.165) is 24.8 Å². The monoisotopic (exact) mass is 289 g/mol. The van der Waals surface area contributed by atoms with Gasteiger partial charge in [-0.15, -0.1) is 11.3 Å². The Kier molecular flexibility index (Phi) is 5.62. The minimum absolute atomic E-state index is 0.190. The van der Waals surface area contributed by atoms with E-state index in [1.165, 1.54) is 4.88 Å². The molecule has 0 amide bonds.